The van der Waals surface area contributed by atoms with E-state index in [0.29, 0.717) is 12.5 Å². The average Bonchev–Trinajstić information content (AvgIpc) is 2.30. The molecule has 0 rings (SSSR count). The van der Waals surface area contributed by atoms with Crippen molar-refractivity contribution in [2.24, 2.45) is 11.3 Å². The van der Waals surface area contributed by atoms with Crippen molar-refractivity contribution in [3.63, 3.8) is 0 Å². The molecular formula is C14H28N2O3. The third kappa shape index (κ3) is 6.45. The Morgan fingerprint density at radius 2 is 1.79 bits per heavy atom. The number of amides is 2. The Balaban J connectivity index is 4.53. The number of urea groups is 1. The van der Waals surface area contributed by atoms with Gasteiger partial charge in [-0.25, -0.2) is 4.79 Å². The molecule has 0 aromatic heterocycles. The van der Waals surface area contributed by atoms with Crippen molar-refractivity contribution in [2.45, 2.75) is 54.0 Å². The summed E-state index contributed by atoms with van der Waals surface area (Å²) in [7, 11) is 0. The lowest BCUT2D eigenvalue weighted by molar-refractivity contribution is -0.138. The molecule has 0 fully saturated rings. The highest BCUT2D eigenvalue weighted by molar-refractivity contribution is 5.80. The number of hydrogen-bond acceptors (Lipinski definition) is 2. The van der Waals surface area contributed by atoms with E-state index in [0.717, 1.165) is 6.42 Å². The molecule has 0 spiro atoms. The Morgan fingerprint density at radius 3 is 2.16 bits per heavy atom. The summed E-state index contributed by atoms with van der Waals surface area (Å²) in [5, 5.41) is 11.7. The number of carboxylic acid groups (broad SMARTS) is 1. The predicted octanol–water partition coefficient (Wildman–Crippen LogP) is 2.56. The molecule has 0 aliphatic carbocycles. The molecule has 2 unspecified atom stereocenters. The van der Waals surface area contributed by atoms with E-state index >= 15 is 0 Å². The SMILES string of the molecule is CCC(C)N(CC(=O)O)C(=O)NCC(C)C(C)(C)C. The van der Waals surface area contributed by atoms with E-state index in [4.69, 9.17) is 5.11 Å². The number of aliphatic carboxylic acids is 1. The van der Waals surface area contributed by atoms with Gasteiger partial charge in [0, 0.05) is 12.6 Å². The second-order valence-electron chi connectivity index (χ2n) is 6.23. The largest absolute Gasteiger partial charge is 0.480 e. The molecule has 0 bridgehead atoms. The Hall–Kier alpha value is -1.26. The summed E-state index contributed by atoms with van der Waals surface area (Å²) in [5.41, 5.74) is 0.112. The predicted molar refractivity (Wildman–Crippen MR) is 76.1 cm³/mol. The normalized spacial score (nSPS) is 14.6. The van der Waals surface area contributed by atoms with Crippen LogP contribution in [0.25, 0.3) is 0 Å². The van der Waals surface area contributed by atoms with Crippen molar-refractivity contribution >= 4 is 12.0 Å². The Morgan fingerprint density at radius 1 is 1.26 bits per heavy atom. The summed E-state index contributed by atoms with van der Waals surface area (Å²) in [6.45, 7) is 12.5. The lowest BCUT2D eigenvalue weighted by Crippen LogP contribution is -2.48. The molecule has 112 valence electrons. The highest BCUT2D eigenvalue weighted by Crippen LogP contribution is 2.24. The number of carbonyl (C=O) groups is 2. The number of carbonyl (C=O) groups excluding carboxylic acids is 1. The quantitative estimate of drug-likeness (QED) is 0.780. The standard InChI is InChI=1S/C14H28N2O3/c1-7-11(3)16(9-12(17)18)13(19)15-8-10(2)14(4,5)6/h10-11H,7-9H2,1-6H3,(H,15,19)(H,17,18). The number of nitrogens with one attached hydrogen (secondary N) is 1. The van der Waals surface area contributed by atoms with Crippen LogP contribution in [0.15, 0.2) is 0 Å². The first-order chi connectivity index (χ1) is 8.59. The molecule has 5 nitrogen and oxygen atoms in total. The van der Waals surface area contributed by atoms with E-state index in [1.165, 1.54) is 4.90 Å². The molecule has 19 heavy (non-hydrogen) atoms. The number of nitrogens with zero attached hydrogens (tertiary/aromatic N) is 1. The van der Waals surface area contributed by atoms with Gasteiger partial charge in [0.05, 0.1) is 0 Å². The van der Waals surface area contributed by atoms with Crippen LogP contribution in [0, 0.1) is 11.3 Å². The Kier molecular flexibility index (Phi) is 6.87. The van der Waals surface area contributed by atoms with Gasteiger partial charge in [-0.2, -0.15) is 0 Å². The van der Waals surface area contributed by atoms with E-state index in [9.17, 15) is 9.59 Å². The van der Waals surface area contributed by atoms with Crippen molar-refractivity contribution in [1.29, 1.82) is 0 Å². The van der Waals surface area contributed by atoms with E-state index in [1.807, 2.05) is 13.8 Å². The summed E-state index contributed by atoms with van der Waals surface area (Å²) in [6.07, 6.45) is 0.732. The van der Waals surface area contributed by atoms with Crippen molar-refractivity contribution < 1.29 is 14.7 Å². The molecule has 0 aliphatic heterocycles. The van der Waals surface area contributed by atoms with Crippen molar-refractivity contribution in [1.82, 2.24) is 10.2 Å². The zero-order valence-electron chi connectivity index (χ0n) is 13.0. The first kappa shape index (κ1) is 17.7. The maximum Gasteiger partial charge on any atom is 0.323 e. The lowest BCUT2D eigenvalue weighted by atomic mass is 9.82. The zero-order chi connectivity index (χ0) is 15.2. The van der Waals surface area contributed by atoms with Gasteiger partial charge in [-0.05, 0) is 24.7 Å². The van der Waals surface area contributed by atoms with Gasteiger partial charge in [-0.1, -0.05) is 34.6 Å². The summed E-state index contributed by atoms with van der Waals surface area (Å²) < 4.78 is 0. The summed E-state index contributed by atoms with van der Waals surface area (Å²) in [4.78, 5) is 24.2. The molecule has 0 aromatic rings. The molecule has 0 heterocycles. The van der Waals surface area contributed by atoms with Gasteiger partial charge in [-0.3, -0.25) is 4.79 Å². The second kappa shape index (κ2) is 7.36. The van der Waals surface area contributed by atoms with E-state index < -0.39 is 5.97 Å². The fourth-order valence-electron chi connectivity index (χ4n) is 1.44. The van der Waals surface area contributed by atoms with Crippen molar-refractivity contribution in [3.8, 4) is 0 Å². The first-order valence-electron chi connectivity index (χ1n) is 6.85. The first-order valence-corrected chi connectivity index (χ1v) is 6.85. The van der Waals surface area contributed by atoms with Crippen LogP contribution < -0.4 is 5.32 Å². The van der Waals surface area contributed by atoms with Gasteiger partial charge in [0.15, 0.2) is 0 Å². The van der Waals surface area contributed by atoms with E-state index in [1.54, 1.807) is 0 Å². The maximum atomic E-state index is 12.1. The molecule has 0 radical (unpaired) electrons. The molecule has 2 atom stereocenters. The topological polar surface area (TPSA) is 69.6 Å². The third-order valence-corrected chi connectivity index (χ3v) is 3.73. The fourth-order valence-corrected chi connectivity index (χ4v) is 1.44. The number of hydrogen-bond donors (Lipinski definition) is 2. The minimum Gasteiger partial charge on any atom is -0.480 e. The maximum absolute atomic E-state index is 12.1. The zero-order valence-corrected chi connectivity index (χ0v) is 13.0. The fraction of sp³-hybridized carbons (Fsp3) is 0.857. The van der Waals surface area contributed by atoms with Crippen LogP contribution in [-0.4, -0.2) is 41.1 Å². The van der Waals surface area contributed by atoms with Crippen LogP contribution in [0.2, 0.25) is 0 Å². The Labute approximate surface area is 116 Å². The molecule has 0 saturated carbocycles. The third-order valence-electron chi connectivity index (χ3n) is 3.73. The highest BCUT2D eigenvalue weighted by atomic mass is 16.4. The molecule has 0 aromatic carbocycles. The van der Waals surface area contributed by atoms with E-state index in [2.05, 4.69) is 33.0 Å². The smallest absolute Gasteiger partial charge is 0.323 e. The minimum absolute atomic E-state index is 0.0824. The average molecular weight is 272 g/mol. The number of rotatable bonds is 6. The van der Waals surface area contributed by atoms with Crippen LogP contribution in [0.4, 0.5) is 4.79 Å². The van der Waals surface area contributed by atoms with Crippen LogP contribution in [0.3, 0.4) is 0 Å². The lowest BCUT2D eigenvalue weighted by Gasteiger charge is -2.31. The van der Waals surface area contributed by atoms with Gasteiger partial charge in [0.1, 0.15) is 6.54 Å². The molecule has 2 N–H and O–H groups in total. The van der Waals surface area contributed by atoms with Gasteiger partial charge in [0.25, 0.3) is 0 Å². The van der Waals surface area contributed by atoms with Crippen LogP contribution >= 0.6 is 0 Å². The van der Waals surface area contributed by atoms with Crippen molar-refractivity contribution in [2.75, 3.05) is 13.1 Å². The molecule has 2 amide bonds. The molecular weight excluding hydrogens is 244 g/mol. The van der Waals surface area contributed by atoms with Gasteiger partial charge in [-0.15, -0.1) is 0 Å². The van der Waals surface area contributed by atoms with Crippen LogP contribution in [0.5, 0.6) is 0 Å². The van der Waals surface area contributed by atoms with Gasteiger partial charge >= 0.3 is 12.0 Å². The van der Waals surface area contributed by atoms with E-state index in [-0.39, 0.29) is 24.0 Å². The summed E-state index contributed by atoms with van der Waals surface area (Å²) >= 11 is 0. The monoisotopic (exact) mass is 272 g/mol. The van der Waals surface area contributed by atoms with Crippen LogP contribution in [0.1, 0.15) is 48.0 Å². The number of carboxylic acids is 1. The Bertz CT molecular complexity index is 310. The van der Waals surface area contributed by atoms with Gasteiger partial charge in [0.2, 0.25) is 0 Å². The second-order valence-corrected chi connectivity index (χ2v) is 6.23. The summed E-state index contributed by atoms with van der Waals surface area (Å²) in [5.74, 6) is -0.667. The van der Waals surface area contributed by atoms with Crippen molar-refractivity contribution in [3.05, 3.63) is 0 Å². The van der Waals surface area contributed by atoms with Gasteiger partial charge < -0.3 is 15.3 Å². The minimum atomic E-state index is -0.987. The molecule has 0 aliphatic rings. The molecule has 5 heteroatoms. The van der Waals surface area contributed by atoms with Crippen LogP contribution in [-0.2, 0) is 4.79 Å². The highest BCUT2D eigenvalue weighted by Gasteiger charge is 2.24. The summed E-state index contributed by atoms with van der Waals surface area (Å²) in [6, 6.07) is -0.381. The molecule has 0 saturated heterocycles.